The quantitative estimate of drug-likeness (QED) is 0.476. The van der Waals surface area contributed by atoms with Crippen LogP contribution >= 0.6 is 11.3 Å². The predicted octanol–water partition coefficient (Wildman–Crippen LogP) is 5.25. The van der Waals surface area contributed by atoms with Gasteiger partial charge in [0.05, 0.1) is 13.2 Å². The molecule has 2 N–H and O–H groups in total. The summed E-state index contributed by atoms with van der Waals surface area (Å²) < 4.78 is 11.5. The molecule has 0 radical (unpaired) electrons. The Labute approximate surface area is 203 Å². The maximum atomic E-state index is 13.5. The van der Waals surface area contributed by atoms with E-state index in [0.717, 1.165) is 16.0 Å². The molecule has 34 heavy (non-hydrogen) atoms. The second kappa shape index (κ2) is 9.73. The molecule has 0 saturated heterocycles. The number of carbonyl (C=O) groups is 2. The Morgan fingerprint density at radius 3 is 2.65 bits per heavy atom. The van der Waals surface area contributed by atoms with Gasteiger partial charge in [0, 0.05) is 22.4 Å². The van der Waals surface area contributed by atoms with Crippen molar-refractivity contribution in [3.8, 4) is 11.5 Å². The molecule has 6 nitrogen and oxygen atoms in total. The van der Waals surface area contributed by atoms with Crippen molar-refractivity contribution in [2.75, 3.05) is 7.11 Å². The van der Waals surface area contributed by atoms with E-state index in [2.05, 4.69) is 10.6 Å². The van der Waals surface area contributed by atoms with E-state index in [1.54, 1.807) is 25.3 Å². The number of methoxy groups -OCH3 is 1. The van der Waals surface area contributed by atoms with Crippen molar-refractivity contribution >= 4 is 29.2 Å². The van der Waals surface area contributed by atoms with Gasteiger partial charge in [0.15, 0.2) is 0 Å². The highest BCUT2D eigenvalue weighted by atomic mass is 32.1. The number of rotatable bonds is 6. The monoisotopic (exact) mass is 476 g/mol. The number of ether oxygens (including phenoxy) is 2. The molecule has 0 aliphatic carbocycles. The van der Waals surface area contributed by atoms with Crippen LogP contribution in [0.15, 0.2) is 65.7 Å². The lowest BCUT2D eigenvalue weighted by atomic mass is 9.89. The van der Waals surface area contributed by atoms with Gasteiger partial charge in [-0.05, 0) is 68.1 Å². The molecule has 1 atom stereocenters. The van der Waals surface area contributed by atoms with Crippen molar-refractivity contribution in [3.05, 3.63) is 87.2 Å². The first-order valence-electron chi connectivity index (χ1n) is 11.1. The van der Waals surface area contributed by atoms with Gasteiger partial charge in [0.2, 0.25) is 0 Å². The van der Waals surface area contributed by atoms with Gasteiger partial charge in [-0.15, -0.1) is 11.3 Å². The number of thiophene rings is 1. The van der Waals surface area contributed by atoms with Crippen molar-refractivity contribution in [2.24, 2.45) is 0 Å². The molecule has 1 aliphatic rings. The van der Waals surface area contributed by atoms with Gasteiger partial charge in [-0.3, -0.25) is 9.59 Å². The molecule has 0 bridgehead atoms. The summed E-state index contributed by atoms with van der Waals surface area (Å²) in [7, 11) is 1.60. The molecule has 0 fully saturated rings. The number of amides is 2. The maximum absolute atomic E-state index is 13.5. The van der Waals surface area contributed by atoms with Crippen LogP contribution in [0.4, 0.5) is 0 Å². The zero-order valence-electron chi connectivity index (χ0n) is 19.7. The minimum atomic E-state index is -0.471. The fourth-order valence-electron chi connectivity index (χ4n) is 4.02. The lowest BCUT2D eigenvalue weighted by Gasteiger charge is -2.38. The predicted molar refractivity (Wildman–Crippen MR) is 134 cm³/mol. The molecule has 4 rings (SSSR count). The van der Waals surface area contributed by atoms with Crippen molar-refractivity contribution in [1.29, 1.82) is 0 Å². The first-order valence-corrected chi connectivity index (χ1v) is 11.9. The van der Waals surface area contributed by atoms with Crippen molar-refractivity contribution in [2.45, 2.75) is 38.8 Å². The Hall–Kier alpha value is -3.58. The van der Waals surface area contributed by atoms with E-state index in [-0.39, 0.29) is 23.6 Å². The Morgan fingerprint density at radius 1 is 1.15 bits per heavy atom. The first kappa shape index (κ1) is 23.6. The summed E-state index contributed by atoms with van der Waals surface area (Å²) in [6, 6.07) is 16.3. The molecule has 3 aromatic rings. The fourth-order valence-corrected chi connectivity index (χ4v) is 4.67. The van der Waals surface area contributed by atoms with E-state index in [9.17, 15) is 9.59 Å². The molecule has 0 unspecified atom stereocenters. The van der Waals surface area contributed by atoms with Gasteiger partial charge in [-0.1, -0.05) is 24.3 Å². The lowest BCUT2D eigenvalue weighted by molar-refractivity contribution is -0.119. The SMILES string of the molecule is COc1ccc2c(c1)[C@H](NC(=O)/C(=C/c1cccs1)NC(=O)c1ccccc1C)CC(C)(C)O2. The number of aryl methyl sites for hydroxylation is 1. The number of benzene rings is 2. The van der Waals surface area contributed by atoms with E-state index < -0.39 is 5.60 Å². The van der Waals surface area contributed by atoms with Crippen molar-refractivity contribution in [3.63, 3.8) is 0 Å². The van der Waals surface area contributed by atoms with E-state index in [1.165, 1.54) is 11.3 Å². The highest BCUT2D eigenvalue weighted by Gasteiger charge is 2.35. The standard InChI is InChI=1S/C27H28N2O4S/c1-17-8-5-6-10-20(17)25(30)28-22(15-19-9-7-13-34-19)26(31)29-23-16-27(2,3)33-24-12-11-18(32-4)14-21(23)24/h5-15,23H,16H2,1-4H3,(H,28,30)(H,29,31)/b22-15-/t23-/m1/s1. The molecule has 7 heteroatoms. The van der Waals surface area contributed by atoms with Crippen molar-refractivity contribution < 1.29 is 19.1 Å². The Balaban J connectivity index is 1.64. The smallest absolute Gasteiger partial charge is 0.268 e. The molecular weight excluding hydrogens is 448 g/mol. The second-order valence-electron chi connectivity index (χ2n) is 8.84. The van der Waals surface area contributed by atoms with Gasteiger partial charge < -0.3 is 20.1 Å². The second-order valence-corrected chi connectivity index (χ2v) is 9.82. The molecule has 1 aliphatic heterocycles. The average Bonchev–Trinajstić information content (AvgIpc) is 3.31. The zero-order valence-corrected chi connectivity index (χ0v) is 20.5. The third-order valence-corrected chi connectivity index (χ3v) is 6.51. The minimum absolute atomic E-state index is 0.185. The van der Waals surface area contributed by atoms with Crippen LogP contribution in [0.25, 0.3) is 6.08 Å². The highest BCUT2D eigenvalue weighted by Crippen LogP contribution is 2.41. The van der Waals surface area contributed by atoms with E-state index in [4.69, 9.17) is 9.47 Å². The largest absolute Gasteiger partial charge is 0.497 e. The van der Waals surface area contributed by atoms with Crippen LogP contribution in [0.3, 0.4) is 0 Å². The first-order chi connectivity index (χ1) is 16.3. The summed E-state index contributed by atoms with van der Waals surface area (Å²) in [5, 5.41) is 7.87. The summed E-state index contributed by atoms with van der Waals surface area (Å²) in [6.45, 7) is 5.84. The molecular formula is C27H28N2O4S. The van der Waals surface area contributed by atoms with Gasteiger partial charge >= 0.3 is 0 Å². The molecule has 0 saturated carbocycles. The molecule has 1 aromatic heterocycles. The van der Waals surface area contributed by atoms with Gasteiger partial charge in [0.25, 0.3) is 11.8 Å². The van der Waals surface area contributed by atoms with Crippen LogP contribution in [0.5, 0.6) is 11.5 Å². The molecule has 2 heterocycles. The number of fused-ring (bicyclic) bond motifs is 1. The van der Waals surface area contributed by atoms with Crippen LogP contribution in [0, 0.1) is 6.92 Å². The highest BCUT2D eigenvalue weighted by molar-refractivity contribution is 7.10. The van der Waals surface area contributed by atoms with E-state index >= 15 is 0 Å². The molecule has 2 amide bonds. The van der Waals surface area contributed by atoms with Crippen molar-refractivity contribution in [1.82, 2.24) is 10.6 Å². The molecule has 2 aromatic carbocycles. The zero-order chi connectivity index (χ0) is 24.3. The summed E-state index contributed by atoms with van der Waals surface area (Å²) in [5.41, 5.74) is 1.91. The van der Waals surface area contributed by atoms with Crippen LogP contribution in [-0.4, -0.2) is 24.5 Å². The normalized spacial score (nSPS) is 16.7. The van der Waals surface area contributed by atoms with Crippen LogP contribution in [0.1, 0.15) is 52.7 Å². The summed E-state index contributed by atoms with van der Waals surface area (Å²) in [5.74, 6) is 0.691. The molecule has 176 valence electrons. The Kier molecular flexibility index (Phi) is 6.75. The minimum Gasteiger partial charge on any atom is -0.497 e. The van der Waals surface area contributed by atoms with Crippen LogP contribution in [-0.2, 0) is 4.79 Å². The molecule has 0 spiro atoms. The third-order valence-electron chi connectivity index (χ3n) is 5.69. The van der Waals surface area contributed by atoms with Gasteiger partial charge in [0.1, 0.15) is 22.8 Å². The van der Waals surface area contributed by atoms with Gasteiger partial charge in [-0.2, -0.15) is 0 Å². The number of hydrogen-bond donors (Lipinski definition) is 2. The topological polar surface area (TPSA) is 76.7 Å². The number of nitrogens with one attached hydrogen (secondary N) is 2. The third kappa shape index (κ3) is 5.31. The van der Waals surface area contributed by atoms with E-state index in [1.807, 2.05) is 68.6 Å². The van der Waals surface area contributed by atoms with E-state index in [0.29, 0.717) is 23.5 Å². The number of hydrogen-bond acceptors (Lipinski definition) is 5. The summed E-state index contributed by atoms with van der Waals surface area (Å²) >= 11 is 1.49. The van der Waals surface area contributed by atoms with Crippen LogP contribution in [0.2, 0.25) is 0 Å². The Bertz CT molecular complexity index is 1230. The summed E-state index contributed by atoms with van der Waals surface area (Å²) in [4.78, 5) is 27.4. The maximum Gasteiger partial charge on any atom is 0.268 e. The van der Waals surface area contributed by atoms with Gasteiger partial charge in [-0.25, -0.2) is 0 Å². The summed E-state index contributed by atoms with van der Waals surface area (Å²) in [6.07, 6.45) is 2.27. The Morgan fingerprint density at radius 2 is 1.94 bits per heavy atom. The average molecular weight is 477 g/mol. The van der Waals surface area contributed by atoms with Crippen LogP contribution < -0.4 is 20.1 Å². The lowest BCUT2D eigenvalue weighted by Crippen LogP contribution is -2.43. The number of carbonyl (C=O) groups excluding carboxylic acids is 2. The fraction of sp³-hybridized carbons (Fsp3) is 0.259.